The highest BCUT2D eigenvalue weighted by Crippen LogP contribution is 2.39. The van der Waals surface area contributed by atoms with Crippen molar-refractivity contribution < 1.29 is 0 Å². The van der Waals surface area contributed by atoms with Gasteiger partial charge in [0.15, 0.2) is 34.9 Å². The van der Waals surface area contributed by atoms with E-state index < -0.39 is 0 Å². The van der Waals surface area contributed by atoms with E-state index in [9.17, 15) is 0 Å². The van der Waals surface area contributed by atoms with Crippen LogP contribution in [0.15, 0.2) is 206 Å². The molecule has 0 unspecified atom stereocenters. The number of fused-ring (bicyclic) bond motifs is 3. The first-order valence-electron chi connectivity index (χ1n) is 21.4. The molecule has 64 heavy (non-hydrogen) atoms. The number of nitrogens with zero attached hydrogens (tertiary/aromatic N) is 6. The molecule has 302 valence electrons. The Morgan fingerprint density at radius 1 is 0.219 bits per heavy atom. The Kier molecular flexibility index (Phi) is 9.86. The van der Waals surface area contributed by atoms with Crippen molar-refractivity contribution in [3.63, 3.8) is 0 Å². The number of benzene rings is 9. The third kappa shape index (κ3) is 7.48. The zero-order valence-corrected chi connectivity index (χ0v) is 35.3. The number of aromatic nitrogens is 6. The molecule has 0 saturated heterocycles. The average molecular weight is 821 g/mol. The second-order valence-corrected chi connectivity index (χ2v) is 16.1. The highest BCUT2D eigenvalue weighted by Gasteiger charge is 2.17. The van der Waals surface area contributed by atoms with E-state index in [0.717, 1.165) is 55.6 Å². The van der Waals surface area contributed by atoms with Crippen molar-refractivity contribution in [3.05, 3.63) is 217 Å². The van der Waals surface area contributed by atoms with Gasteiger partial charge in [0.25, 0.3) is 0 Å². The monoisotopic (exact) mass is 820 g/mol. The maximum Gasteiger partial charge on any atom is 0.164 e. The van der Waals surface area contributed by atoms with Crippen molar-refractivity contribution in [2.75, 3.05) is 0 Å². The molecule has 0 bridgehead atoms. The molecule has 0 amide bonds. The molecule has 11 rings (SSSR count). The van der Waals surface area contributed by atoms with Crippen LogP contribution in [0.4, 0.5) is 0 Å². The molecule has 2 heterocycles. The second-order valence-electron chi connectivity index (χ2n) is 16.1. The topological polar surface area (TPSA) is 77.3 Å². The molecule has 0 spiro atoms. The molecule has 0 fully saturated rings. The first-order chi connectivity index (χ1) is 31.5. The van der Waals surface area contributed by atoms with Gasteiger partial charge in [-0.2, -0.15) is 0 Å². The molecular weight excluding hydrogens is 781 g/mol. The molecule has 11 aromatic rings. The van der Waals surface area contributed by atoms with Gasteiger partial charge in [0.05, 0.1) is 0 Å². The van der Waals surface area contributed by atoms with Crippen LogP contribution in [0.25, 0.3) is 112 Å². The minimum Gasteiger partial charge on any atom is -0.208 e. The Morgan fingerprint density at radius 3 is 0.891 bits per heavy atom. The molecular formula is C58H40N6. The molecule has 0 N–H and O–H groups in total. The van der Waals surface area contributed by atoms with E-state index in [1.165, 1.54) is 32.7 Å². The fraction of sp³-hybridized carbons (Fsp3) is 0.0345. The Labute approximate surface area is 371 Å². The van der Waals surface area contributed by atoms with Gasteiger partial charge in [-0.25, -0.2) is 29.9 Å². The molecule has 0 aliphatic rings. The van der Waals surface area contributed by atoms with Crippen LogP contribution in [-0.4, -0.2) is 29.9 Å². The molecule has 6 heteroatoms. The lowest BCUT2D eigenvalue weighted by molar-refractivity contribution is 1.07. The Balaban J connectivity index is 0.984. The van der Waals surface area contributed by atoms with Gasteiger partial charge in [-0.1, -0.05) is 205 Å². The van der Waals surface area contributed by atoms with Crippen molar-refractivity contribution in [2.45, 2.75) is 13.8 Å². The van der Waals surface area contributed by atoms with Crippen LogP contribution in [0.3, 0.4) is 0 Å². The molecule has 0 radical (unpaired) electrons. The van der Waals surface area contributed by atoms with Crippen molar-refractivity contribution in [3.8, 4) is 90.6 Å². The number of hydrogen-bond acceptors (Lipinski definition) is 6. The summed E-state index contributed by atoms with van der Waals surface area (Å²) in [4.78, 5) is 30.0. The summed E-state index contributed by atoms with van der Waals surface area (Å²) in [6.45, 7) is 4.17. The maximum atomic E-state index is 5.04. The molecule has 2 aromatic heterocycles. The van der Waals surface area contributed by atoms with Crippen LogP contribution in [0.1, 0.15) is 11.1 Å². The predicted octanol–water partition coefficient (Wildman–Crippen LogP) is 14.3. The lowest BCUT2D eigenvalue weighted by Gasteiger charge is -2.14. The molecule has 0 aliphatic carbocycles. The van der Waals surface area contributed by atoms with E-state index in [1.54, 1.807) is 0 Å². The summed E-state index contributed by atoms with van der Waals surface area (Å²) in [5.74, 6) is 3.82. The van der Waals surface area contributed by atoms with Gasteiger partial charge in [0.2, 0.25) is 0 Å². The molecule has 0 aliphatic heterocycles. The van der Waals surface area contributed by atoms with Crippen molar-refractivity contribution in [2.24, 2.45) is 0 Å². The number of rotatable bonds is 8. The van der Waals surface area contributed by atoms with E-state index in [2.05, 4.69) is 159 Å². The summed E-state index contributed by atoms with van der Waals surface area (Å²) in [5, 5.41) is 4.70. The van der Waals surface area contributed by atoms with E-state index in [4.69, 9.17) is 29.9 Å². The molecule has 9 aromatic carbocycles. The minimum absolute atomic E-state index is 0.628. The molecule has 0 atom stereocenters. The summed E-state index contributed by atoms with van der Waals surface area (Å²) in [5.41, 5.74) is 12.4. The number of hydrogen-bond donors (Lipinski definition) is 0. The van der Waals surface area contributed by atoms with Crippen LogP contribution in [0.2, 0.25) is 0 Å². The average Bonchev–Trinajstić information content (AvgIpc) is 3.36. The van der Waals surface area contributed by atoms with E-state index >= 15 is 0 Å². The molecule has 6 nitrogen and oxygen atoms in total. The zero-order chi connectivity index (χ0) is 43.0. The zero-order valence-electron chi connectivity index (χ0n) is 35.3. The maximum absolute atomic E-state index is 5.04. The third-order valence-corrected chi connectivity index (χ3v) is 11.7. The smallest absolute Gasteiger partial charge is 0.164 e. The third-order valence-electron chi connectivity index (χ3n) is 11.7. The van der Waals surface area contributed by atoms with Crippen LogP contribution in [0.5, 0.6) is 0 Å². The van der Waals surface area contributed by atoms with E-state index in [-0.39, 0.29) is 0 Å². The lowest BCUT2D eigenvalue weighted by Crippen LogP contribution is -2.00. The van der Waals surface area contributed by atoms with E-state index in [0.29, 0.717) is 34.9 Å². The van der Waals surface area contributed by atoms with Gasteiger partial charge in [0, 0.05) is 33.4 Å². The van der Waals surface area contributed by atoms with Gasteiger partial charge in [-0.3, -0.25) is 0 Å². The highest BCUT2D eigenvalue weighted by molar-refractivity contribution is 6.15. The molecule has 0 saturated carbocycles. The van der Waals surface area contributed by atoms with Gasteiger partial charge in [-0.15, -0.1) is 0 Å². The van der Waals surface area contributed by atoms with Gasteiger partial charge in [-0.05, 0) is 69.8 Å². The van der Waals surface area contributed by atoms with Gasteiger partial charge < -0.3 is 0 Å². The highest BCUT2D eigenvalue weighted by atomic mass is 15.0. The fourth-order valence-electron chi connectivity index (χ4n) is 8.39. The minimum atomic E-state index is 0.628. The summed E-state index contributed by atoms with van der Waals surface area (Å²) in [6, 6.07) is 71.6. The van der Waals surface area contributed by atoms with Gasteiger partial charge in [0.1, 0.15) is 0 Å². The van der Waals surface area contributed by atoms with Crippen LogP contribution in [-0.2, 0) is 0 Å². The van der Waals surface area contributed by atoms with Gasteiger partial charge >= 0.3 is 0 Å². The quantitative estimate of drug-likeness (QED) is 0.142. The van der Waals surface area contributed by atoms with Crippen molar-refractivity contribution >= 4 is 21.5 Å². The second kappa shape index (κ2) is 16.4. The Hall–Kier alpha value is -8.48. The summed E-state index contributed by atoms with van der Waals surface area (Å²) in [6.07, 6.45) is 0. The van der Waals surface area contributed by atoms with Crippen LogP contribution in [0, 0.1) is 13.8 Å². The normalized spacial score (nSPS) is 11.3. The largest absolute Gasteiger partial charge is 0.208 e. The standard InChI is InChI=1S/C58H40N6/c1-37-25-29-41(30-26-37)55-59-53(39-13-5-3-6-14-39)61-57(63-55)45-19-9-17-43(35-45)47-21-11-23-49-50-24-12-22-48(52(50)34-33-51(47)49)44-18-10-20-46(36-44)58-62-54(40-15-7-4-8-16-40)60-56(64-58)42-31-27-38(2)28-32-42/h3-36H,1-2H3. The Bertz CT molecular complexity index is 3260. The van der Waals surface area contributed by atoms with Crippen LogP contribution < -0.4 is 0 Å². The lowest BCUT2D eigenvalue weighted by atomic mass is 9.91. The SMILES string of the molecule is Cc1ccc(-c2nc(-c3ccccc3)nc(-c3cccc(-c4cccc5c4ccc4c(-c6cccc(-c7nc(-c8ccccc8)nc(-c8ccc(C)cc8)n7)c6)cccc45)c3)n2)cc1. The first kappa shape index (κ1) is 38.4. The first-order valence-corrected chi connectivity index (χ1v) is 21.4. The Morgan fingerprint density at radius 2 is 0.516 bits per heavy atom. The van der Waals surface area contributed by atoms with Crippen molar-refractivity contribution in [1.29, 1.82) is 0 Å². The summed E-state index contributed by atoms with van der Waals surface area (Å²) in [7, 11) is 0. The number of aryl methyl sites for hydroxylation is 2. The van der Waals surface area contributed by atoms with Crippen LogP contribution >= 0.6 is 0 Å². The fourth-order valence-corrected chi connectivity index (χ4v) is 8.39. The predicted molar refractivity (Wildman–Crippen MR) is 261 cm³/mol. The van der Waals surface area contributed by atoms with Crippen molar-refractivity contribution in [1.82, 2.24) is 29.9 Å². The summed E-state index contributed by atoms with van der Waals surface area (Å²) >= 11 is 0. The van der Waals surface area contributed by atoms with E-state index in [1.807, 2.05) is 60.7 Å². The summed E-state index contributed by atoms with van der Waals surface area (Å²) < 4.78 is 0.